The topological polar surface area (TPSA) is 58.9 Å². The molecule has 0 spiro atoms. The third-order valence-corrected chi connectivity index (χ3v) is 2.72. The maximum atomic E-state index is 10.6. The molecule has 4 heteroatoms. The minimum absolute atomic E-state index is 0.336. The van der Waals surface area contributed by atoms with Crippen LogP contribution in [0.4, 0.5) is 0 Å². The number of aldehydes is 1. The maximum absolute atomic E-state index is 10.6. The number of nitrogens with zero attached hydrogens (tertiary/aromatic N) is 1. The number of aromatic amines is 1. The van der Waals surface area contributed by atoms with Crippen LogP contribution in [0.15, 0.2) is 53.1 Å². The second-order valence-corrected chi connectivity index (χ2v) is 3.87. The molecule has 3 rings (SSSR count). The average Bonchev–Trinajstić information content (AvgIpc) is 3.10. The molecule has 2 aromatic heterocycles. The summed E-state index contributed by atoms with van der Waals surface area (Å²) in [6, 6.07) is 13.2. The van der Waals surface area contributed by atoms with Crippen molar-refractivity contribution < 1.29 is 9.21 Å². The van der Waals surface area contributed by atoms with Crippen LogP contribution < -0.4 is 0 Å². The van der Waals surface area contributed by atoms with Crippen molar-refractivity contribution in [1.82, 2.24) is 10.2 Å². The lowest BCUT2D eigenvalue weighted by atomic mass is 10.1. The number of carbonyl (C=O) groups is 1. The van der Waals surface area contributed by atoms with Gasteiger partial charge in [-0.1, -0.05) is 24.3 Å². The van der Waals surface area contributed by atoms with Gasteiger partial charge in [0.05, 0.1) is 5.69 Å². The lowest BCUT2D eigenvalue weighted by Crippen LogP contribution is -1.79. The quantitative estimate of drug-likeness (QED) is 0.713. The molecule has 1 aromatic carbocycles. The summed E-state index contributed by atoms with van der Waals surface area (Å²) in [4.78, 5) is 10.6. The van der Waals surface area contributed by atoms with Crippen molar-refractivity contribution in [3.05, 3.63) is 54.4 Å². The molecular formula is C14H10N2O2. The van der Waals surface area contributed by atoms with E-state index in [-0.39, 0.29) is 0 Å². The number of carbonyl (C=O) groups excluding carboxylic acids is 1. The molecule has 2 heterocycles. The fraction of sp³-hybridized carbons (Fsp3) is 0. The molecule has 0 radical (unpaired) electrons. The van der Waals surface area contributed by atoms with Crippen LogP contribution in [-0.4, -0.2) is 16.5 Å². The van der Waals surface area contributed by atoms with Gasteiger partial charge in [-0.25, -0.2) is 0 Å². The fourth-order valence-corrected chi connectivity index (χ4v) is 1.80. The van der Waals surface area contributed by atoms with Gasteiger partial charge in [-0.05, 0) is 23.8 Å². The largest absolute Gasteiger partial charge is 0.453 e. The van der Waals surface area contributed by atoms with E-state index in [1.807, 2.05) is 30.3 Å². The Morgan fingerprint density at radius 2 is 1.78 bits per heavy atom. The Labute approximate surface area is 103 Å². The van der Waals surface area contributed by atoms with Crippen LogP contribution in [0.5, 0.6) is 0 Å². The average molecular weight is 238 g/mol. The number of benzene rings is 1. The lowest BCUT2D eigenvalue weighted by molar-refractivity contribution is 0.110. The Bertz CT molecular complexity index is 651. The Morgan fingerprint density at radius 1 is 1.00 bits per heavy atom. The molecule has 0 unspecified atom stereocenters. The van der Waals surface area contributed by atoms with Crippen LogP contribution in [0.25, 0.3) is 22.6 Å². The van der Waals surface area contributed by atoms with Crippen molar-refractivity contribution in [2.24, 2.45) is 0 Å². The minimum Gasteiger partial charge on any atom is -0.453 e. The van der Waals surface area contributed by atoms with Crippen LogP contribution in [0, 0.1) is 0 Å². The number of aromatic nitrogens is 2. The van der Waals surface area contributed by atoms with Gasteiger partial charge < -0.3 is 4.42 Å². The molecule has 1 N–H and O–H groups in total. The van der Waals surface area contributed by atoms with Crippen molar-refractivity contribution in [2.45, 2.75) is 0 Å². The van der Waals surface area contributed by atoms with E-state index in [0.717, 1.165) is 16.8 Å². The molecule has 0 bridgehead atoms. The summed E-state index contributed by atoms with van der Waals surface area (Å²) >= 11 is 0. The van der Waals surface area contributed by atoms with E-state index in [1.54, 1.807) is 18.3 Å². The predicted molar refractivity (Wildman–Crippen MR) is 67.1 cm³/mol. The molecule has 0 atom stereocenters. The van der Waals surface area contributed by atoms with E-state index in [9.17, 15) is 4.79 Å². The third kappa shape index (κ3) is 1.84. The van der Waals surface area contributed by atoms with Crippen LogP contribution >= 0.6 is 0 Å². The Morgan fingerprint density at radius 3 is 2.39 bits per heavy atom. The smallest absolute Gasteiger partial charge is 0.185 e. The molecular weight excluding hydrogens is 228 g/mol. The van der Waals surface area contributed by atoms with Crippen LogP contribution in [0.3, 0.4) is 0 Å². The Balaban J connectivity index is 1.93. The first-order chi connectivity index (χ1) is 8.86. The van der Waals surface area contributed by atoms with E-state index in [2.05, 4.69) is 10.2 Å². The number of hydrogen-bond acceptors (Lipinski definition) is 3. The summed E-state index contributed by atoms with van der Waals surface area (Å²) < 4.78 is 5.36. The molecule has 0 aliphatic rings. The standard InChI is InChI=1S/C14H10N2O2/c17-9-12-5-6-14(18-12)11-3-1-10(2-4-11)13-7-8-15-16-13/h1-9H,(H,15,16). The molecule has 88 valence electrons. The highest BCUT2D eigenvalue weighted by molar-refractivity contribution is 5.73. The molecule has 0 saturated heterocycles. The number of nitrogens with one attached hydrogen (secondary N) is 1. The van der Waals surface area contributed by atoms with Crippen molar-refractivity contribution >= 4 is 6.29 Å². The van der Waals surface area contributed by atoms with Gasteiger partial charge in [0.1, 0.15) is 5.76 Å². The van der Waals surface area contributed by atoms with Crippen LogP contribution in [0.2, 0.25) is 0 Å². The first kappa shape index (κ1) is 10.5. The second kappa shape index (κ2) is 4.33. The van der Waals surface area contributed by atoms with Gasteiger partial charge in [0.15, 0.2) is 12.0 Å². The normalized spacial score (nSPS) is 10.4. The molecule has 0 aliphatic carbocycles. The molecule has 18 heavy (non-hydrogen) atoms. The summed E-state index contributed by atoms with van der Waals surface area (Å²) in [5.74, 6) is 1.02. The highest BCUT2D eigenvalue weighted by atomic mass is 16.3. The third-order valence-electron chi connectivity index (χ3n) is 2.72. The monoisotopic (exact) mass is 238 g/mol. The molecule has 0 amide bonds. The van der Waals surface area contributed by atoms with Gasteiger partial charge in [0.25, 0.3) is 0 Å². The summed E-state index contributed by atoms with van der Waals surface area (Å²) in [6.45, 7) is 0. The zero-order valence-corrected chi connectivity index (χ0v) is 9.46. The molecule has 0 fully saturated rings. The second-order valence-electron chi connectivity index (χ2n) is 3.87. The lowest BCUT2D eigenvalue weighted by Gasteiger charge is -2.00. The number of rotatable bonds is 3. The molecule has 0 aliphatic heterocycles. The van der Waals surface area contributed by atoms with Crippen LogP contribution in [-0.2, 0) is 0 Å². The number of furan rings is 1. The first-order valence-corrected chi connectivity index (χ1v) is 5.52. The Kier molecular flexibility index (Phi) is 2.53. The van der Waals surface area contributed by atoms with E-state index in [1.165, 1.54) is 0 Å². The van der Waals surface area contributed by atoms with E-state index in [4.69, 9.17) is 4.42 Å². The Hall–Kier alpha value is -2.62. The summed E-state index contributed by atoms with van der Waals surface area (Å²) in [6.07, 6.45) is 2.41. The summed E-state index contributed by atoms with van der Waals surface area (Å²) in [5.41, 5.74) is 2.96. The molecule has 3 aromatic rings. The zero-order valence-electron chi connectivity index (χ0n) is 9.46. The van der Waals surface area contributed by atoms with Gasteiger partial charge in [0.2, 0.25) is 0 Å². The summed E-state index contributed by atoms with van der Waals surface area (Å²) in [7, 11) is 0. The number of H-pyrrole nitrogens is 1. The van der Waals surface area contributed by atoms with Gasteiger partial charge in [-0.2, -0.15) is 5.10 Å². The van der Waals surface area contributed by atoms with Gasteiger partial charge in [-0.15, -0.1) is 0 Å². The van der Waals surface area contributed by atoms with Crippen molar-refractivity contribution in [2.75, 3.05) is 0 Å². The van der Waals surface area contributed by atoms with Gasteiger partial charge >= 0.3 is 0 Å². The minimum atomic E-state index is 0.336. The van der Waals surface area contributed by atoms with Crippen molar-refractivity contribution in [3.8, 4) is 22.6 Å². The predicted octanol–water partition coefficient (Wildman–Crippen LogP) is 3.15. The van der Waals surface area contributed by atoms with Crippen LogP contribution in [0.1, 0.15) is 10.6 Å². The van der Waals surface area contributed by atoms with Crippen molar-refractivity contribution in [3.63, 3.8) is 0 Å². The number of hydrogen-bond donors (Lipinski definition) is 1. The zero-order chi connectivity index (χ0) is 12.4. The van der Waals surface area contributed by atoms with Gasteiger partial charge in [0, 0.05) is 11.8 Å². The highest BCUT2D eigenvalue weighted by Gasteiger charge is 2.05. The fourth-order valence-electron chi connectivity index (χ4n) is 1.80. The molecule has 0 saturated carbocycles. The van der Waals surface area contributed by atoms with E-state index in [0.29, 0.717) is 17.8 Å². The molecule has 4 nitrogen and oxygen atoms in total. The van der Waals surface area contributed by atoms with Gasteiger partial charge in [-0.3, -0.25) is 9.89 Å². The summed E-state index contributed by atoms with van der Waals surface area (Å²) in [5, 5.41) is 6.82. The SMILES string of the molecule is O=Cc1ccc(-c2ccc(-c3ccn[nH]3)cc2)o1. The first-order valence-electron chi connectivity index (χ1n) is 5.52. The van der Waals surface area contributed by atoms with Crippen molar-refractivity contribution in [1.29, 1.82) is 0 Å². The van der Waals surface area contributed by atoms with E-state index >= 15 is 0 Å². The maximum Gasteiger partial charge on any atom is 0.185 e. The van der Waals surface area contributed by atoms with E-state index < -0.39 is 0 Å². The highest BCUT2D eigenvalue weighted by Crippen LogP contribution is 2.24.